The zero-order chi connectivity index (χ0) is 23.9. The molecule has 0 atom stereocenters. The third-order valence-corrected chi connectivity index (χ3v) is 5.67. The Kier molecular flexibility index (Phi) is 11.4. The van der Waals surface area contributed by atoms with E-state index in [-0.39, 0.29) is 14.9 Å². The molecule has 4 heteroatoms. The fraction of sp³-hybridized carbons (Fsp3) is 0.0625. The monoisotopic (exact) mass is 560 g/mol. The first kappa shape index (κ1) is 29.3. The predicted molar refractivity (Wildman–Crippen MR) is 154 cm³/mol. The molecule has 0 saturated carbocycles. The molecule has 2 aromatic heterocycles. The summed E-state index contributed by atoms with van der Waals surface area (Å²) in [5.41, 5.74) is 7.12. The van der Waals surface area contributed by atoms with Crippen LogP contribution in [-0.2, 0) is 23.3 Å². The van der Waals surface area contributed by atoms with Gasteiger partial charge in [-0.25, -0.2) is 0 Å². The summed E-state index contributed by atoms with van der Waals surface area (Å²) < 4.78 is 0. The molecule has 4 aromatic carbocycles. The summed E-state index contributed by atoms with van der Waals surface area (Å²) in [6.45, 7) is 7.32. The normalized spacial score (nSPS) is 9.69. The van der Waals surface area contributed by atoms with Gasteiger partial charge in [0.15, 0.2) is 0 Å². The van der Waals surface area contributed by atoms with Crippen LogP contribution in [-0.4, -0.2) is 16.8 Å². The van der Waals surface area contributed by atoms with E-state index >= 15 is 0 Å². The number of pyridine rings is 2. The molecule has 0 amide bonds. The van der Waals surface area contributed by atoms with E-state index in [1.807, 2.05) is 36.7 Å². The van der Waals surface area contributed by atoms with Crippen LogP contribution >= 0.6 is 0 Å². The quantitative estimate of drug-likeness (QED) is 0.157. The fourth-order valence-electron chi connectivity index (χ4n) is 4.26. The standard InChI is InChI=1S/2C15H12N.2CH3.Si.Zr/c2*1-11-9-12-5-4-6-13(14(12)10-11)15-7-2-3-8-16-15;;;;/h2*2-10H,1H3;2*1H3;;/q4*-1;;. The molecule has 2 radical (unpaired) electrons. The Bertz CT molecular complexity index is 1390. The second-order valence-corrected chi connectivity index (χ2v) is 8.11. The molecular weight excluding hydrogens is 532 g/mol. The van der Waals surface area contributed by atoms with Crippen molar-refractivity contribution in [3.8, 4) is 22.5 Å². The minimum absolute atomic E-state index is 0. The predicted octanol–water partition coefficient (Wildman–Crippen LogP) is 8.38. The molecule has 6 rings (SSSR count). The van der Waals surface area contributed by atoms with Gasteiger partial charge in [0.05, 0.1) is 11.4 Å². The maximum atomic E-state index is 4.41. The molecule has 0 bridgehead atoms. The summed E-state index contributed by atoms with van der Waals surface area (Å²) in [6.07, 6.45) is 3.67. The van der Waals surface area contributed by atoms with Crippen molar-refractivity contribution in [3.05, 3.63) is 135 Å². The second kappa shape index (κ2) is 14.0. The summed E-state index contributed by atoms with van der Waals surface area (Å²) in [5, 5.41) is 5.17. The summed E-state index contributed by atoms with van der Waals surface area (Å²) in [4.78, 5) is 8.82. The van der Waals surface area contributed by atoms with Crippen molar-refractivity contribution >= 4 is 28.4 Å². The number of nitrogens with zero attached hydrogens (tertiary/aromatic N) is 2. The van der Waals surface area contributed by atoms with Gasteiger partial charge >= 0.3 is 30.2 Å². The van der Waals surface area contributed by atoms with E-state index in [2.05, 4.69) is 103 Å². The Morgan fingerprint density at radius 1 is 0.583 bits per heavy atom. The summed E-state index contributed by atoms with van der Waals surface area (Å²) in [7, 11) is 0. The number of rotatable bonds is 2. The van der Waals surface area contributed by atoms with E-state index in [0.717, 1.165) is 11.4 Å². The fourth-order valence-corrected chi connectivity index (χ4v) is 4.26. The van der Waals surface area contributed by atoms with Crippen LogP contribution in [0, 0.1) is 28.7 Å². The van der Waals surface area contributed by atoms with Crippen LogP contribution in [0.3, 0.4) is 0 Å². The molecule has 0 N–H and O–H groups in total. The number of aryl methyl sites for hydroxylation is 2. The van der Waals surface area contributed by atoms with Gasteiger partial charge in [0, 0.05) is 12.4 Å². The Morgan fingerprint density at radius 3 is 1.36 bits per heavy atom. The van der Waals surface area contributed by atoms with Crippen LogP contribution in [0.1, 0.15) is 11.1 Å². The molecule has 180 valence electrons. The van der Waals surface area contributed by atoms with E-state index in [9.17, 15) is 0 Å². The third kappa shape index (κ3) is 6.63. The third-order valence-electron chi connectivity index (χ3n) is 5.67. The van der Waals surface area contributed by atoms with Gasteiger partial charge in [-0.1, -0.05) is 38.1 Å². The van der Waals surface area contributed by atoms with Gasteiger partial charge in [-0.15, -0.1) is 69.1 Å². The molecule has 0 unspecified atom stereocenters. The second-order valence-electron chi connectivity index (χ2n) is 8.11. The van der Waals surface area contributed by atoms with Crippen LogP contribution in [0.4, 0.5) is 0 Å². The van der Waals surface area contributed by atoms with Crippen molar-refractivity contribution in [2.75, 3.05) is 0 Å². The molecule has 0 fully saturated rings. The van der Waals surface area contributed by atoms with E-state index in [4.69, 9.17) is 0 Å². The van der Waals surface area contributed by atoms with E-state index in [1.165, 1.54) is 67.1 Å². The number of hydrogen-bond acceptors (Lipinski definition) is 2. The zero-order valence-electron chi connectivity index (χ0n) is 21.3. The van der Waals surface area contributed by atoms with Crippen molar-refractivity contribution in [2.24, 2.45) is 0 Å². The van der Waals surface area contributed by atoms with Crippen molar-refractivity contribution < 1.29 is 23.3 Å². The summed E-state index contributed by atoms with van der Waals surface area (Å²) in [5.74, 6) is 0. The number of aromatic nitrogens is 2. The van der Waals surface area contributed by atoms with Gasteiger partial charge in [0.1, 0.15) is 0 Å². The molecule has 0 saturated heterocycles. The Morgan fingerprint density at radius 2 is 1.00 bits per heavy atom. The van der Waals surface area contributed by atoms with Crippen LogP contribution < -0.4 is 0 Å². The molecule has 36 heavy (non-hydrogen) atoms. The number of fused-ring (bicyclic) bond motifs is 2. The summed E-state index contributed by atoms with van der Waals surface area (Å²) in [6, 6.07) is 33.6. The molecular formula is C32H30N2SiZr-4. The van der Waals surface area contributed by atoms with Gasteiger partial charge in [0.2, 0.25) is 0 Å². The van der Waals surface area contributed by atoms with E-state index < -0.39 is 0 Å². The first-order valence-corrected chi connectivity index (χ1v) is 15.3. The van der Waals surface area contributed by atoms with Crippen LogP contribution in [0.15, 0.2) is 109 Å². The Hall–Kier alpha value is -2.94. The molecule has 0 aliphatic carbocycles. The average Bonchev–Trinajstić information content (AvgIpc) is 3.47. The van der Waals surface area contributed by atoms with Gasteiger partial charge in [-0.2, -0.15) is 12.1 Å². The summed E-state index contributed by atoms with van der Waals surface area (Å²) >= 11 is 1.36. The average molecular weight is 562 g/mol. The van der Waals surface area contributed by atoms with Crippen molar-refractivity contribution in [2.45, 2.75) is 13.8 Å². The maximum absolute atomic E-state index is 4.41. The van der Waals surface area contributed by atoms with E-state index in [0.29, 0.717) is 0 Å². The SMILES string of the molecule is Cc1cc2c(-c3ccccn3)cccc2[cH-]1.Cc1cc2c(-c3ccccn3)cccc2[cH-]1.[CH3-].[CH3-].[Si]=[Zr]. The van der Waals surface area contributed by atoms with Crippen LogP contribution in [0.25, 0.3) is 44.1 Å². The first-order chi connectivity index (χ1) is 16.7. The molecule has 6 aromatic rings. The molecule has 0 aliphatic heterocycles. The van der Waals surface area contributed by atoms with Gasteiger partial charge in [0.25, 0.3) is 0 Å². The van der Waals surface area contributed by atoms with Gasteiger partial charge in [-0.3, -0.25) is 9.97 Å². The number of benzene rings is 2. The molecule has 0 spiro atoms. The van der Waals surface area contributed by atoms with Crippen molar-refractivity contribution in [1.82, 2.24) is 9.97 Å². The van der Waals surface area contributed by atoms with Gasteiger partial charge < -0.3 is 14.9 Å². The van der Waals surface area contributed by atoms with Crippen LogP contribution in [0.5, 0.6) is 0 Å². The first-order valence-electron chi connectivity index (χ1n) is 11.1. The van der Waals surface area contributed by atoms with Crippen molar-refractivity contribution in [1.29, 1.82) is 0 Å². The van der Waals surface area contributed by atoms with Crippen LogP contribution in [0.2, 0.25) is 0 Å². The number of hydrogen-bond donors (Lipinski definition) is 0. The molecule has 0 aliphatic rings. The van der Waals surface area contributed by atoms with E-state index in [1.54, 1.807) is 0 Å². The topological polar surface area (TPSA) is 25.8 Å². The molecule has 2 heterocycles. The zero-order valence-corrected chi connectivity index (χ0v) is 24.7. The van der Waals surface area contributed by atoms with Gasteiger partial charge in [-0.05, 0) is 35.4 Å². The Balaban J connectivity index is 0.000000226. The minimum atomic E-state index is 0. The Labute approximate surface area is 232 Å². The van der Waals surface area contributed by atoms with Crippen molar-refractivity contribution in [3.63, 3.8) is 0 Å². The molecule has 2 nitrogen and oxygen atoms in total.